The number of rotatable bonds is 3. The number of hydrogen-bond acceptors (Lipinski definition) is 4. The molecule has 0 spiro atoms. The van der Waals surface area contributed by atoms with E-state index < -0.39 is 12.2 Å². The van der Waals surface area contributed by atoms with Gasteiger partial charge in [0.05, 0.1) is 7.11 Å². The summed E-state index contributed by atoms with van der Waals surface area (Å²) in [5.41, 5.74) is 1.80. The number of carbonyl (C=O) groups excluding carboxylic acids is 1. The first-order valence-corrected chi connectivity index (χ1v) is 5.68. The van der Waals surface area contributed by atoms with Gasteiger partial charge in [-0.2, -0.15) is 0 Å². The minimum atomic E-state index is -0.814. The van der Waals surface area contributed by atoms with Crippen LogP contribution >= 0.6 is 0 Å². The molecule has 0 fully saturated rings. The maximum atomic E-state index is 11.4. The Kier molecular flexibility index (Phi) is 3.13. The number of fused-ring (bicyclic) bond motifs is 1. The molecule has 0 saturated carbocycles. The number of hydrogen-bond donors (Lipinski definition) is 1. The molecule has 4 nitrogen and oxygen atoms in total. The highest BCUT2D eigenvalue weighted by atomic mass is 16.5. The summed E-state index contributed by atoms with van der Waals surface area (Å²) < 4.78 is 10.9. The maximum absolute atomic E-state index is 11.4. The SMILES string of the molecule is C=C(C)C1Oc2c(OC)cc(C(C)=O)cc2C1O. The Labute approximate surface area is 106 Å². The molecule has 0 bridgehead atoms. The lowest BCUT2D eigenvalue weighted by Gasteiger charge is -2.13. The third-order valence-electron chi connectivity index (χ3n) is 3.05. The molecule has 2 rings (SSSR count). The number of methoxy groups -OCH3 is 1. The summed E-state index contributed by atoms with van der Waals surface area (Å²) in [5, 5.41) is 10.2. The fourth-order valence-electron chi connectivity index (χ4n) is 2.05. The Morgan fingerprint density at radius 1 is 1.44 bits per heavy atom. The van der Waals surface area contributed by atoms with Crippen LogP contribution in [0.5, 0.6) is 11.5 Å². The van der Waals surface area contributed by atoms with Crippen LogP contribution in [0.15, 0.2) is 24.3 Å². The molecule has 1 aliphatic heterocycles. The van der Waals surface area contributed by atoms with Crippen molar-refractivity contribution in [3.05, 3.63) is 35.4 Å². The summed E-state index contributed by atoms with van der Waals surface area (Å²) in [6.07, 6.45) is -1.30. The van der Waals surface area contributed by atoms with Gasteiger partial charge < -0.3 is 14.6 Å². The predicted molar refractivity (Wildman–Crippen MR) is 67.2 cm³/mol. The van der Waals surface area contributed by atoms with E-state index in [1.807, 2.05) is 0 Å². The molecule has 0 saturated heterocycles. The van der Waals surface area contributed by atoms with Crippen molar-refractivity contribution in [1.29, 1.82) is 0 Å². The van der Waals surface area contributed by atoms with E-state index in [4.69, 9.17) is 9.47 Å². The number of carbonyl (C=O) groups is 1. The summed E-state index contributed by atoms with van der Waals surface area (Å²) in [6, 6.07) is 3.27. The highest BCUT2D eigenvalue weighted by Gasteiger charge is 2.36. The van der Waals surface area contributed by atoms with E-state index >= 15 is 0 Å². The van der Waals surface area contributed by atoms with Crippen molar-refractivity contribution in [2.24, 2.45) is 0 Å². The average molecular weight is 248 g/mol. The van der Waals surface area contributed by atoms with Gasteiger partial charge in [-0.1, -0.05) is 6.58 Å². The van der Waals surface area contributed by atoms with Crippen molar-refractivity contribution < 1.29 is 19.4 Å². The lowest BCUT2D eigenvalue weighted by Crippen LogP contribution is -2.19. The number of benzene rings is 1. The zero-order valence-electron chi connectivity index (χ0n) is 10.7. The summed E-state index contributed by atoms with van der Waals surface area (Å²) in [6.45, 7) is 7.05. The number of Topliss-reactive ketones (excluding diaryl/α,β-unsaturated/α-hetero) is 1. The van der Waals surface area contributed by atoms with E-state index in [1.165, 1.54) is 14.0 Å². The van der Waals surface area contributed by atoms with Crippen LogP contribution in [0, 0.1) is 0 Å². The van der Waals surface area contributed by atoms with Crippen molar-refractivity contribution in [1.82, 2.24) is 0 Å². The van der Waals surface area contributed by atoms with Crippen LogP contribution < -0.4 is 9.47 Å². The van der Waals surface area contributed by atoms with Crippen molar-refractivity contribution in [2.45, 2.75) is 26.1 Å². The second kappa shape index (κ2) is 4.46. The van der Waals surface area contributed by atoms with Gasteiger partial charge in [0.15, 0.2) is 17.3 Å². The first kappa shape index (κ1) is 12.6. The molecular weight excluding hydrogens is 232 g/mol. The fraction of sp³-hybridized carbons (Fsp3) is 0.357. The second-order valence-electron chi connectivity index (χ2n) is 4.48. The van der Waals surface area contributed by atoms with Gasteiger partial charge in [-0.15, -0.1) is 0 Å². The molecule has 4 heteroatoms. The molecule has 2 atom stereocenters. The Morgan fingerprint density at radius 3 is 2.61 bits per heavy atom. The first-order valence-electron chi connectivity index (χ1n) is 5.68. The van der Waals surface area contributed by atoms with Crippen molar-refractivity contribution in [3.8, 4) is 11.5 Å². The van der Waals surface area contributed by atoms with Crippen LogP contribution in [0.1, 0.15) is 35.9 Å². The number of aliphatic hydroxyl groups is 1. The van der Waals surface area contributed by atoms with Gasteiger partial charge in [-0.3, -0.25) is 4.79 Å². The monoisotopic (exact) mass is 248 g/mol. The molecule has 0 radical (unpaired) electrons. The van der Waals surface area contributed by atoms with Crippen LogP contribution in [-0.4, -0.2) is 24.1 Å². The highest BCUT2D eigenvalue weighted by molar-refractivity contribution is 5.95. The van der Waals surface area contributed by atoms with Crippen LogP contribution in [0.25, 0.3) is 0 Å². The standard InChI is InChI=1S/C14H16O4/c1-7(2)13-12(16)10-5-9(8(3)15)6-11(17-4)14(10)18-13/h5-6,12-13,16H,1H2,2-4H3. The van der Waals surface area contributed by atoms with Crippen molar-refractivity contribution in [2.75, 3.05) is 7.11 Å². The van der Waals surface area contributed by atoms with E-state index in [2.05, 4.69) is 6.58 Å². The second-order valence-corrected chi connectivity index (χ2v) is 4.48. The lowest BCUT2D eigenvalue weighted by atomic mass is 9.99. The largest absolute Gasteiger partial charge is 0.493 e. The van der Waals surface area contributed by atoms with Crippen LogP contribution in [0.3, 0.4) is 0 Å². The van der Waals surface area contributed by atoms with Gasteiger partial charge in [-0.25, -0.2) is 0 Å². The van der Waals surface area contributed by atoms with Crippen molar-refractivity contribution >= 4 is 5.78 Å². The number of ether oxygens (including phenoxy) is 2. The highest BCUT2D eigenvalue weighted by Crippen LogP contribution is 2.45. The molecule has 1 heterocycles. The minimum Gasteiger partial charge on any atom is -0.493 e. The van der Waals surface area contributed by atoms with E-state index in [1.54, 1.807) is 19.1 Å². The van der Waals surface area contributed by atoms with E-state index in [0.717, 1.165) is 5.57 Å². The average Bonchev–Trinajstić information content (AvgIpc) is 2.66. The zero-order chi connectivity index (χ0) is 13.4. The molecule has 1 N–H and O–H groups in total. The summed E-state index contributed by atoms with van der Waals surface area (Å²) in [7, 11) is 1.50. The van der Waals surface area contributed by atoms with Crippen molar-refractivity contribution in [3.63, 3.8) is 0 Å². The third-order valence-corrected chi connectivity index (χ3v) is 3.05. The third kappa shape index (κ3) is 1.88. The topological polar surface area (TPSA) is 55.8 Å². The molecular formula is C14H16O4. The molecule has 2 unspecified atom stereocenters. The lowest BCUT2D eigenvalue weighted by molar-refractivity contribution is 0.0891. The Bertz CT molecular complexity index is 519. The van der Waals surface area contributed by atoms with Crippen LogP contribution in [0.4, 0.5) is 0 Å². The Balaban J connectivity index is 2.55. The molecule has 1 aromatic carbocycles. The predicted octanol–water partition coefficient (Wildman–Crippen LogP) is 2.27. The number of aliphatic hydroxyl groups excluding tert-OH is 1. The molecule has 18 heavy (non-hydrogen) atoms. The van der Waals surface area contributed by atoms with E-state index in [9.17, 15) is 9.90 Å². The van der Waals surface area contributed by atoms with E-state index in [-0.39, 0.29) is 5.78 Å². The number of ketones is 1. The quantitative estimate of drug-likeness (QED) is 0.658. The molecule has 0 aromatic heterocycles. The Morgan fingerprint density at radius 2 is 2.11 bits per heavy atom. The normalized spacial score (nSPS) is 21.1. The summed E-state index contributed by atoms with van der Waals surface area (Å²) in [5.74, 6) is 0.866. The fourth-order valence-corrected chi connectivity index (χ4v) is 2.05. The zero-order valence-corrected chi connectivity index (χ0v) is 10.7. The van der Waals surface area contributed by atoms with Gasteiger partial charge in [0.25, 0.3) is 0 Å². The minimum absolute atomic E-state index is 0.0814. The molecule has 1 aliphatic rings. The van der Waals surface area contributed by atoms with Crippen LogP contribution in [-0.2, 0) is 0 Å². The Hall–Kier alpha value is -1.81. The molecule has 1 aromatic rings. The maximum Gasteiger partial charge on any atom is 0.168 e. The van der Waals surface area contributed by atoms with E-state index in [0.29, 0.717) is 22.6 Å². The smallest absolute Gasteiger partial charge is 0.168 e. The van der Waals surface area contributed by atoms with Gasteiger partial charge >= 0.3 is 0 Å². The van der Waals surface area contributed by atoms with Crippen LogP contribution in [0.2, 0.25) is 0 Å². The van der Waals surface area contributed by atoms with Gasteiger partial charge in [-0.05, 0) is 31.6 Å². The first-order chi connectivity index (χ1) is 8.45. The summed E-state index contributed by atoms with van der Waals surface area (Å²) in [4.78, 5) is 11.4. The summed E-state index contributed by atoms with van der Waals surface area (Å²) >= 11 is 0. The molecule has 0 aliphatic carbocycles. The van der Waals surface area contributed by atoms with Gasteiger partial charge in [0.1, 0.15) is 12.2 Å². The molecule has 0 amide bonds. The van der Waals surface area contributed by atoms with Gasteiger partial charge in [0, 0.05) is 11.1 Å². The van der Waals surface area contributed by atoms with Gasteiger partial charge in [0.2, 0.25) is 0 Å². The molecule has 96 valence electrons.